The molecule has 0 saturated carbocycles. The van der Waals surface area contributed by atoms with Crippen LogP contribution in [-0.4, -0.2) is 59.5 Å². The standard InChI is InChI=1S/C15H26N2O3/c1-17(7-8-18-2)6-5-16-12-13-9-14(19-3)11-15(10-13)20-4/h9-11,16H,5-8,12H2,1-4H3. The van der Waals surface area contributed by atoms with E-state index in [1.54, 1.807) is 21.3 Å². The lowest BCUT2D eigenvalue weighted by Crippen LogP contribution is -2.31. The fraction of sp³-hybridized carbons (Fsp3) is 0.600. The number of methoxy groups -OCH3 is 3. The summed E-state index contributed by atoms with van der Waals surface area (Å²) >= 11 is 0. The second kappa shape index (κ2) is 9.58. The van der Waals surface area contributed by atoms with Gasteiger partial charge in [0.1, 0.15) is 11.5 Å². The molecule has 5 nitrogen and oxygen atoms in total. The van der Waals surface area contributed by atoms with E-state index in [0.29, 0.717) is 0 Å². The topological polar surface area (TPSA) is 43.0 Å². The van der Waals surface area contributed by atoms with Crippen molar-refractivity contribution >= 4 is 0 Å². The molecule has 0 aromatic heterocycles. The predicted molar refractivity (Wildman–Crippen MR) is 80.6 cm³/mol. The maximum atomic E-state index is 5.26. The summed E-state index contributed by atoms with van der Waals surface area (Å²) in [5.41, 5.74) is 1.15. The van der Waals surface area contributed by atoms with Crippen LogP contribution in [0.15, 0.2) is 18.2 Å². The molecule has 0 radical (unpaired) electrons. The van der Waals surface area contributed by atoms with Crippen molar-refractivity contribution in [3.8, 4) is 11.5 Å². The Balaban J connectivity index is 2.34. The summed E-state index contributed by atoms with van der Waals surface area (Å²) in [6.45, 7) is 4.44. The van der Waals surface area contributed by atoms with Gasteiger partial charge < -0.3 is 24.4 Å². The van der Waals surface area contributed by atoms with Crippen molar-refractivity contribution in [2.45, 2.75) is 6.54 Å². The molecule has 0 aliphatic carbocycles. The fourth-order valence-electron chi connectivity index (χ4n) is 1.83. The average Bonchev–Trinajstić information content (AvgIpc) is 2.49. The Morgan fingerprint density at radius 1 is 1.00 bits per heavy atom. The van der Waals surface area contributed by atoms with E-state index in [9.17, 15) is 0 Å². The van der Waals surface area contributed by atoms with Crippen LogP contribution >= 0.6 is 0 Å². The zero-order chi connectivity index (χ0) is 14.8. The zero-order valence-corrected chi connectivity index (χ0v) is 12.9. The van der Waals surface area contributed by atoms with E-state index in [4.69, 9.17) is 14.2 Å². The fourth-order valence-corrected chi connectivity index (χ4v) is 1.83. The predicted octanol–water partition coefficient (Wildman–Crippen LogP) is 1.37. The summed E-state index contributed by atoms with van der Waals surface area (Å²) < 4.78 is 15.6. The van der Waals surface area contributed by atoms with Crippen molar-refractivity contribution in [3.05, 3.63) is 23.8 Å². The van der Waals surface area contributed by atoms with E-state index in [2.05, 4.69) is 17.3 Å². The van der Waals surface area contributed by atoms with Gasteiger partial charge in [-0.25, -0.2) is 0 Å². The van der Waals surface area contributed by atoms with E-state index in [0.717, 1.165) is 49.8 Å². The quantitative estimate of drug-likeness (QED) is 0.657. The molecule has 1 rings (SSSR count). The molecule has 1 aromatic rings. The number of hydrogen-bond donors (Lipinski definition) is 1. The molecule has 20 heavy (non-hydrogen) atoms. The van der Waals surface area contributed by atoms with Crippen molar-refractivity contribution < 1.29 is 14.2 Å². The molecule has 0 heterocycles. The van der Waals surface area contributed by atoms with Crippen LogP contribution in [0.2, 0.25) is 0 Å². The number of rotatable bonds is 10. The van der Waals surface area contributed by atoms with E-state index >= 15 is 0 Å². The third-order valence-electron chi connectivity index (χ3n) is 3.09. The van der Waals surface area contributed by atoms with Gasteiger partial charge >= 0.3 is 0 Å². The van der Waals surface area contributed by atoms with Crippen molar-refractivity contribution in [1.29, 1.82) is 0 Å². The Kier molecular flexibility index (Phi) is 8.02. The lowest BCUT2D eigenvalue weighted by molar-refractivity contribution is 0.161. The van der Waals surface area contributed by atoms with Gasteiger partial charge in [-0.2, -0.15) is 0 Å². The van der Waals surface area contributed by atoms with Crippen LogP contribution in [0.5, 0.6) is 11.5 Å². The maximum Gasteiger partial charge on any atom is 0.122 e. The summed E-state index contributed by atoms with van der Waals surface area (Å²) in [7, 11) is 7.14. The van der Waals surface area contributed by atoms with Crippen LogP contribution in [-0.2, 0) is 11.3 Å². The second-order valence-corrected chi connectivity index (χ2v) is 4.69. The van der Waals surface area contributed by atoms with Crippen LogP contribution in [0.4, 0.5) is 0 Å². The van der Waals surface area contributed by atoms with Gasteiger partial charge in [0.2, 0.25) is 0 Å². The highest BCUT2D eigenvalue weighted by atomic mass is 16.5. The minimum atomic E-state index is 0.767. The van der Waals surface area contributed by atoms with Gasteiger partial charge in [0, 0.05) is 39.4 Å². The van der Waals surface area contributed by atoms with Gasteiger partial charge in [0.25, 0.3) is 0 Å². The van der Waals surface area contributed by atoms with Crippen LogP contribution < -0.4 is 14.8 Å². The summed E-state index contributed by atoms with van der Waals surface area (Å²) in [5, 5.41) is 3.42. The van der Waals surface area contributed by atoms with E-state index < -0.39 is 0 Å². The third-order valence-corrected chi connectivity index (χ3v) is 3.09. The Morgan fingerprint density at radius 3 is 2.20 bits per heavy atom. The highest BCUT2D eigenvalue weighted by Gasteiger charge is 2.02. The third kappa shape index (κ3) is 6.23. The number of hydrogen-bond acceptors (Lipinski definition) is 5. The van der Waals surface area contributed by atoms with Crippen LogP contribution in [0.3, 0.4) is 0 Å². The lowest BCUT2D eigenvalue weighted by Gasteiger charge is -2.16. The van der Waals surface area contributed by atoms with Gasteiger partial charge in [-0.05, 0) is 24.7 Å². The molecule has 114 valence electrons. The highest BCUT2D eigenvalue weighted by molar-refractivity contribution is 5.38. The molecule has 1 aromatic carbocycles. The number of nitrogens with one attached hydrogen (secondary N) is 1. The molecule has 0 aliphatic rings. The molecular formula is C15H26N2O3. The number of ether oxygens (including phenoxy) is 3. The molecule has 0 bridgehead atoms. The maximum absolute atomic E-state index is 5.26. The smallest absolute Gasteiger partial charge is 0.122 e. The first kappa shape index (κ1) is 16.8. The summed E-state index contributed by atoms with van der Waals surface area (Å²) in [6, 6.07) is 5.91. The molecule has 0 fully saturated rings. The molecule has 0 amide bonds. The molecule has 0 saturated heterocycles. The SMILES string of the molecule is COCCN(C)CCNCc1cc(OC)cc(OC)c1. The Bertz CT molecular complexity index is 363. The van der Waals surface area contributed by atoms with Gasteiger partial charge in [-0.1, -0.05) is 0 Å². The Hall–Kier alpha value is -1.30. The zero-order valence-electron chi connectivity index (χ0n) is 12.9. The minimum Gasteiger partial charge on any atom is -0.497 e. The second-order valence-electron chi connectivity index (χ2n) is 4.69. The first-order valence-electron chi connectivity index (χ1n) is 6.79. The number of benzene rings is 1. The Morgan fingerprint density at radius 2 is 1.65 bits per heavy atom. The molecule has 0 unspecified atom stereocenters. The summed E-state index contributed by atoms with van der Waals surface area (Å²) in [6.07, 6.45) is 0. The molecule has 1 N–H and O–H groups in total. The molecule has 0 spiro atoms. The average molecular weight is 282 g/mol. The summed E-state index contributed by atoms with van der Waals surface area (Å²) in [5.74, 6) is 1.64. The van der Waals surface area contributed by atoms with Gasteiger partial charge in [-0.3, -0.25) is 0 Å². The van der Waals surface area contributed by atoms with Crippen LogP contribution in [0, 0.1) is 0 Å². The Labute approximate surface area is 121 Å². The largest absolute Gasteiger partial charge is 0.497 e. The van der Waals surface area contributed by atoms with Crippen molar-refractivity contribution in [3.63, 3.8) is 0 Å². The van der Waals surface area contributed by atoms with E-state index in [1.165, 1.54) is 0 Å². The van der Waals surface area contributed by atoms with Crippen molar-refractivity contribution in [2.75, 3.05) is 54.6 Å². The van der Waals surface area contributed by atoms with E-state index in [1.807, 2.05) is 18.2 Å². The molecule has 5 heteroatoms. The van der Waals surface area contributed by atoms with Crippen LogP contribution in [0.25, 0.3) is 0 Å². The number of likely N-dealkylation sites (N-methyl/N-ethyl adjacent to an activating group) is 1. The molecule has 0 atom stereocenters. The van der Waals surface area contributed by atoms with Gasteiger partial charge in [0.15, 0.2) is 0 Å². The van der Waals surface area contributed by atoms with Crippen molar-refractivity contribution in [1.82, 2.24) is 10.2 Å². The number of nitrogens with zero attached hydrogens (tertiary/aromatic N) is 1. The molecule has 0 aliphatic heterocycles. The lowest BCUT2D eigenvalue weighted by atomic mass is 10.2. The summed E-state index contributed by atoms with van der Waals surface area (Å²) in [4.78, 5) is 2.24. The monoisotopic (exact) mass is 282 g/mol. The van der Waals surface area contributed by atoms with Gasteiger partial charge in [-0.15, -0.1) is 0 Å². The van der Waals surface area contributed by atoms with E-state index in [-0.39, 0.29) is 0 Å². The highest BCUT2D eigenvalue weighted by Crippen LogP contribution is 2.22. The van der Waals surface area contributed by atoms with Gasteiger partial charge in [0.05, 0.1) is 20.8 Å². The first-order chi connectivity index (χ1) is 9.69. The first-order valence-corrected chi connectivity index (χ1v) is 6.79. The minimum absolute atomic E-state index is 0.767. The van der Waals surface area contributed by atoms with Crippen LogP contribution in [0.1, 0.15) is 5.56 Å². The van der Waals surface area contributed by atoms with Crippen molar-refractivity contribution in [2.24, 2.45) is 0 Å². The normalized spacial score (nSPS) is 10.8. The molecular weight excluding hydrogens is 256 g/mol.